The molecule has 0 bridgehead atoms. The molecule has 5 rings (SSSR count). The predicted octanol–water partition coefficient (Wildman–Crippen LogP) is 5.93. The molecule has 3 aromatic carbocycles. The first-order valence-corrected chi connectivity index (χ1v) is 12.4. The zero-order valence-electron chi connectivity index (χ0n) is 18.5. The first-order chi connectivity index (χ1) is 16.1. The minimum absolute atomic E-state index is 0.149. The lowest BCUT2D eigenvalue weighted by molar-refractivity contribution is 0.0956. The van der Waals surface area contributed by atoms with E-state index in [0.717, 1.165) is 22.2 Å². The minimum atomic E-state index is -1.73. The van der Waals surface area contributed by atoms with E-state index in [-0.39, 0.29) is 5.76 Å². The van der Waals surface area contributed by atoms with Crippen molar-refractivity contribution in [3.63, 3.8) is 0 Å². The van der Waals surface area contributed by atoms with Crippen molar-refractivity contribution in [1.29, 1.82) is 0 Å². The molecule has 1 atom stereocenters. The van der Waals surface area contributed by atoms with Crippen molar-refractivity contribution in [2.45, 2.75) is 36.6 Å². The van der Waals surface area contributed by atoms with Gasteiger partial charge in [0.25, 0.3) is 0 Å². The molecule has 4 aromatic rings. The average Bonchev–Trinajstić information content (AvgIpc) is 3.54. The first-order valence-electron chi connectivity index (χ1n) is 11.2. The van der Waals surface area contributed by atoms with Gasteiger partial charge in [0.1, 0.15) is 16.9 Å². The molecule has 1 N–H and O–H groups in total. The normalized spacial score (nSPS) is 15.0. The molecule has 1 fully saturated rings. The summed E-state index contributed by atoms with van der Waals surface area (Å²) in [6.45, 7) is 0. The van der Waals surface area contributed by atoms with E-state index in [1.165, 1.54) is 25.7 Å². The summed E-state index contributed by atoms with van der Waals surface area (Å²) >= 11 is -1.73. The van der Waals surface area contributed by atoms with E-state index >= 15 is 0 Å². The lowest BCUT2D eigenvalue weighted by Crippen LogP contribution is -2.30. The summed E-state index contributed by atoms with van der Waals surface area (Å²) in [5, 5.41) is 0.846. The topological polar surface area (TPSA) is 68.5 Å². The molecular weight excluding hydrogens is 432 g/mol. The number of benzene rings is 3. The van der Waals surface area contributed by atoms with Crippen LogP contribution in [-0.2, 0) is 11.4 Å². The number of rotatable bonds is 6. The maximum Gasteiger partial charge on any atom is 0.328 e. The standard InChI is InChI=1S/C27H26N2O3S/c1-29(21-11-5-6-12-21)22-16-15-20-17-25(32-24(20)18-22)27(30)28-33(31)26-14-8-7-13-23(26)19-9-3-2-4-10-19/h2-4,7-10,13-18,21H,5-6,11-12H2,1H3,(H,28,30). The highest BCUT2D eigenvalue weighted by atomic mass is 32.2. The number of amides is 1. The molecule has 6 heteroatoms. The van der Waals surface area contributed by atoms with Crippen molar-refractivity contribution in [3.05, 3.63) is 84.6 Å². The van der Waals surface area contributed by atoms with Gasteiger partial charge in [-0.2, -0.15) is 4.72 Å². The average molecular weight is 459 g/mol. The van der Waals surface area contributed by atoms with Gasteiger partial charge in [0.05, 0.1) is 0 Å². The molecule has 1 amide bonds. The summed E-state index contributed by atoms with van der Waals surface area (Å²) in [4.78, 5) is 15.7. The Morgan fingerprint density at radius 1 is 1.00 bits per heavy atom. The summed E-state index contributed by atoms with van der Waals surface area (Å²) in [7, 11) is 2.11. The van der Waals surface area contributed by atoms with Gasteiger partial charge in [0.2, 0.25) is 0 Å². The van der Waals surface area contributed by atoms with E-state index in [1.54, 1.807) is 12.1 Å². The highest BCUT2D eigenvalue weighted by molar-refractivity contribution is 7.90. The van der Waals surface area contributed by atoms with Crippen LogP contribution in [0.2, 0.25) is 0 Å². The number of carbonyl (C=O) groups is 1. The van der Waals surface area contributed by atoms with E-state index < -0.39 is 17.3 Å². The summed E-state index contributed by atoms with van der Waals surface area (Å²) in [5.41, 5.74) is 3.49. The Labute approximate surface area is 196 Å². The molecule has 1 aliphatic carbocycles. The molecule has 1 saturated carbocycles. The van der Waals surface area contributed by atoms with Crippen molar-refractivity contribution < 1.29 is 13.8 Å². The van der Waals surface area contributed by atoms with Crippen LogP contribution in [0.4, 0.5) is 5.69 Å². The fourth-order valence-corrected chi connectivity index (χ4v) is 5.49. The monoisotopic (exact) mass is 458 g/mol. The van der Waals surface area contributed by atoms with Gasteiger partial charge in [-0.3, -0.25) is 4.79 Å². The van der Waals surface area contributed by atoms with E-state index in [9.17, 15) is 9.35 Å². The smallest absolute Gasteiger partial charge is 0.328 e. The first kappa shape index (κ1) is 21.6. The van der Waals surface area contributed by atoms with Crippen molar-refractivity contribution in [3.8, 4) is 11.1 Å². The molecule has 1 aromatic heterocycles. The third kappa shape index (κ3) is 4.49. The summed E-state index contributed by atoms with van der Waals surface area (Å²) < 4.78 is 21.5. The van der Waals surface area contributed by atoms with Crippen LogP contribution >= 0.6 is 0 Å². The Hall–Kier alpha value is -3.22. The van der Waals surface area contributed by atoms with Gasteiger partial charge in [-0.25, -0.2) is 0 Å². The lowest BCUT2D eigenvalue weighted by atomic mass is 10.1. The van der Waals surface area contributed by atoms with Gasteiger partial charge in [-0.1, -0.05) is 55.3 Å². The molecule has 168 valence electrons. The quantitative estimate of drug-likeness (QED) is 0.364. The van der Waals surface area contributed by atoms with Crippen molar-refractivity contribution in [2.24, 2.45) is 0 Å². The Morgan fingerprint density at radius 3 is 2.52 bits per heavy atom. The van der Waals surface area contributed by atoms with Crippen molar-refractivity contribution in [2.75, 3.05) is 11.9 Å². The number of carbonyl (C=O) groups excluding carboxylic acids is 1. The summed E-state index contributed by atoms with van der Waals surface area (Å²) in [6, 6.07) is 25.3. The third-order valence-electron chi connectivity index (χ3n) is 6.36. The Balaban J connectivity index is 1.35. The Kier molecular flexibility index (Phi) is 6.11. The van der Waals surface area contributed by atoms with Gasteiger partial charge in [-0.15, -0.1) is 0 Å². The van der Waals surface area contributed by atoms with Crippen LogP contribution in [0.15, 0.2) is 88.2 Å². The molecule has 5 nitrogen and oxygen atoms in total. The summed E-state index contributed by atoms with van der Waals surface area (Å²) in [6.07, 6.45) is 4.95. The highest BCUT2D eigenvalue weighted by Gasteiger charge is 2.24. The van der Waals surface area contributed by atoms with E-state index in [1.807, 2.05) is 60.7 Å². The Bertz CT molecular complexity index is 1260. The number of fused-ring (bicyclic) bond motifs is 1. The van der Waals surface area contributed by atoms with Crippen molar-refractivity contribution >= 4 is 33.9 Å². The maximum atomic E-state index is 13.1. The molecule has 0 spiro atoms. The molecule has 1 unspecified atom stereocenters. The second-order valence-electron chi connectivity index (χ2n) is 8.44. The van der Waals surface area contributed by atoms with E-state index in [0.29, 0.717) is 16.5 Å². The van der Waals surface area contributed by atoms with Gasteiger partial charge in [-0.05, 0) is 48.7 Å². The lowest BCUT2D eigenvalue weighted by Gasteiger charge is -2.26. The van der Waals surface area contributed by atoms with Crippen LogP contribution in [0, 0.1) is 0 Å². The van der Waals surface area contributed by atoms with Crippen LogP contribution in [0.1, 0.15) is 36.2 Å². The third-order valence-corrected chi connectivity index (χ3v) is 7.49. The zero-order valence-corrected chi connectivity index (χ0v) is 19.3. The zero-order chi connectivity index (χ0) is 22.8. The van der Waals surface area contributed by atoms with Crippen LogP contribution in [0.3, 0.4) is 0 Å². The van der Waals surface area contributed by atoms with Gasteiger partial charge < -0.3 is 13.9 Å². The fraction of sp³-hybridized carbons (Fsp3) is 0.222. The molecular formula is C27H26N2O3S. The van der Waals surface area contributed by atoms with Crippen LogP contribution in [0.25, 0.3) is 22.1 Å². The van der Waals surface area contributed by atoms with Crippen molar-refractivity contribution in [1.82, 2.24) is 4.72 Å². The predicted molar refractivity (Wildman–Crippen MR) is 133 cm³/mol. The second kappa shape index (κ2) is 9.33. The molecule has 0 saturated heterocycles. The molecule has 0 aliphatic heterocycles. The molecule has 0 radical (unpaired) electrons. The summed E-state index contributed by atoms with van der Waals surface area (Å²) in [5.74, 6) is -0.352. The van der Waals surface area contributed by atoms with Gasteiger partial charge in [0, 0.05) is 35.8 Å². The molecule has 1 aliphatic rings. The number of nitrogens with one attached hydrogen (secondary N) is 1. The minimum Gasteiger partial charge on any atom is -0.588 e. The van der Waals surface area contributed by atoms with Crippen LogP contribution in [-0.4, -0.2) is 23.5 Å². The highest BCUT2D eigenvalue weighted by Crippen LogP contribution is 2.31. The Morgan fingerprint density at radius 2 is 1.73 bits per heavy atom. The number of furan rings is 1. The maximum absolute atomic E-state index is 13.1. The number of nitrogens with zero attached hydrogens (tertiary/aromatic N) is 1. The fourth-order valence-electron chi connectivity index (χ4n) is 4.53. The molecule has 33 heavy (non-hydrogen) atoms. The van der Waals surface area contributed by atoms with Crippen LogP contribution in [0.5, 0.6) is 0 Å². The largest absolute Gasteiger partial charge is 0.588 e. The second-order valence-corrected chi connectivity index (χ2v) is 9.63. The number of hydrogen-bond acceptors (Lipinski definition) is 4. The number of hydrogen-bond donors (Lipinski definition) is 1. The van der Waals surface area contributed by atoms with Gasteiger partial charge >= 0.3 is 5.91 Å². The number of anilines is 1. The van der Waals surface area contributed by atoms with E-state index in [4.69, 9.17) is 4.42 Å². The van der Waals surface area contributed by atoms with E-state index in [2.05, 4.69) is 22.7 Å². The van der Waals surface area contributed by atoms with Crippen LogP contribution < -0.4 is 9.62 Å². The molecule has 1 heterocycles. The SMILES string of the molecule is CN(c1ccc2cc(C(=O)N[S+]([O-])c3ccccc3-c3ccccc3)oc2c1)C1CCCC1. The van der Waals surface area contributed by atoms with Gasteiger partial charge in [0.15, 0.2) is 10.7 Å².